The predicted octanol–water partition coefficient (Wildman–Crippen LogP) is 4.35. The van der Waals surface area contributed by atoms with Crippen molar-refractivity contribution in [3.63, 3.8) is 0 Å². The fourth-order valence-corrected chi connectivity index (χ4v) is 1.88. The molecule has 0 aliphatic carbocycles. The number of nitro groups is 1. The maximum absolute atomic E-state index is 10.6. The van der Waals surface area contributed by atoms with Crippen molar-refractivity contribution in [1.82, 2.24) is 0 Å². The minimum absolute atomic E-state index is 0.0677. The highest BCUT2D eigenvalue weighted by atomic mass is 35.5. The first kappa shape index (κ1) is 16.3. The molecule has 20 heavy (non-hydrogen) atoms. The third kappa shape index (κ3) is 5.06. The van der Waals surface area contributed by atoms with Gasteiger partial charge in [0.05, 0.1) is 23.0 Å². The summed E-state index contributed by atoms with van der Waals surface area (Å²) < 4.78 is 5.48. The standard InChI is InChI=1S/C14H17ClN2O3/c1-14(2,10-16)7-3-4-8-20-11-5-6-13(17(18)19)12(15)9-11/h5-6,9H,3-4,7-8H2,1-2H3. The number of ether oxygens (including phenoxy) is 1. The monoisotopic (exact) mass is 296 g/mol. The molecule has 0 heterocycles. The van der Waals surface area contributed by atoms with E-state index in [1.165, 1.54) is 18.2 Å². The smallest absolute Gasteiger partial charge is 0.288 e. The molecule has 0 bridgehead atoms. The molecule has 0 aliphatic heterocycles. The Hall–Kier alpha value is -1.80. The van der Waals surface area contributed by atoms with E-state index >= 15 is 0 Å². The van der Waals surface area contributed by atoms with Crippen LogP contribution in [0.4, 0.5) is 5.69 Å². The number of benzene rings is 1. The van der Waals surface area contributed by atoms with Crippen LogP contribution >= 0.6 is 11.6 Å². The quantitative estimate of drug-likeness (QED) is 0.426. The van der Waals surface area contributed by atoms with E-state index in [1.54, 1.807) is 0 Å². The second-order valence-corrected chi connectivity index (χ2v) is 5.58. The van der Waals surface area contributed by atoms with Gasteiger partial charge in [0, 0.05) is 12.1 Å². The van der Waals surface area contributed by atoms with Gasteiger partial charge in [-0.2, -0.15) is 5.26 Å². The first-order chi connectivity index (χ1) is 9.35. The Morgan fingerprint density at radius 2 is 2.15 bits per heavy atom. The van der Waals surface area contributed by atoms with Gasteiger partial charge in [0.25, 0.3) is 5.69 Å². The zero-order chi connectivity index (χ0) is 15.2. The SMILES string of the molecule is CC(C)(C#N)CCCCOc1ccc([N+](=O)[O-])c(Cl)c1. The van der Waals surface area contributed by atoms with Crippen molar-refractivity contribution in [1.29, 1.82) is 5.26 Å². The summed E-state index contributed by atoms with van der Waals surface area (Å²) in [4.78, 5) is 10.1. The molecular weight excluding hydrogens is 280 g/mol. The Morgan fingerprint density at radius 1 is 1.45 bits per heavy atom. The molecule has 0 aromatic heterocycles. The molecule has 0 amide bonds. The van der Waals surface area contributed by atoms with Crippen molar-refractivity contribution >= 4 is 17.3 Å². The average molecular weight is 297 g/mol. The van der Waals surface area contributed by atoms with Gasteiger partial charge in [-0.15, -0.1) is 0 Å². The van der Waals surface area contributed by atoms with Crippen LogP contribution in [0.2, 0.25) is 5.02 Å². The Balaban J connectivity index is 2.38. The molecule has 0 unspecified atom stereocenters. The Labute approximate surface area is 123 Å². The molecule has 5 nitrogen and oxygen atoms in total. The lowest BCUT2D eigenvalue weighted by molar-refractivity contribution is -0.384. The maximum atomic E-state index is 10.6. The van der Waals surface area contributed by atoms with E-state index in [-0.39, 0.29) is 16.1 Å². The van der Waals surface area contributed by atoms with Gasteiger partial charge >= 0.3 is 0 Å². The number of nitriles is 1. The Kier molecular flexibility index (Phi) is 5.78. The van der Waals surface area contributed by atoms with Crippen LogP contribution in [-0.4, -0.2) is 11.5 Å². The van der Waals surface area contributed by atoms with E-state index in [0.717, 1.165) is 19.3 Å². The van der Waals surface area contributed by atoms with Crippen molar-refractivity contribution in [3.05, 3.63) is 33.3 Å². The molecule has 0 atom stereocenters. The highest BCUT2D eigenvalue weighted by Crippen LogP contribution is 2.28. The summed E-state index contributed by atoms with van der Waals surface area (Å²) in [5.74, 6) is 0.514. The number of hydrogen-bond acceptors (Lipinski definition) is 4. The van der Waals surface area contributed by atoms with Crippen LogP contribution in [0, 0.1) is 26.9 Å². The summed E-state index contributed by atoms with van der Waals surface area (Å²) in [6.07, 6.45) is 2.52. The molecule has 0 spiro atoms. The summed E-state index contributed by atoms with van der Waals surface area (Å²) in [6, 6.07) is 6.56. The van der Waals surface area contributed by atoms with Gasteiger partial charge in [-0.3, -0.25) is 10.1 Å². The number of hydrogen-bond donors (Lipinski definition) is 0. The predicted molar refractivity (Wildman–Crippen MR) is 76.8 cm³/mol. The second-order valence-electron chi connectivity index (χ2n) is 5.17. The summed E-state index contributed by atoms with van der Waals surface area (Å²) in [6.45, 7) is 4.31. The van der Waals surface area contributed by atoms with Gasteiger partial charge in [-0.25, -0.2) is 0 Å². The van der Waals surface area contributed by atoms with Crippen molar-refractivity contribution in [2.75, 3.05) is 6.61 Å². The third-order valence-corrected chi connectivity index (χ3v) is 3.19. The van der Waals surface area contributed by atoms with Crippen LogP contribution in [0.3, 0.4) is 0 Å². The second kappa shape index (κ2) is 7.11. The lowest BCUT2D eigenvalue weighted by atomic mass is 9.89. The lowest BCUT2D eigenvalue weighted by Crippen LogP contribution is -2.08. The van der Waals surface area contributed by atoms with E-state index in [1.807, 2.05) is 13.8 Å². The van der Waals surface area contributed by atoms with Crippen molar-refractivity contribution in [2.45, 2.75) is 33.1 Å². The van der Waals surface area contributed by atoms with E-state index in [2.05, 4.69) is 6.07 Å². The molecule has 0 saturated carbocycles. The van der Waals surface area contributed by atoms with E-state index in [4.69, 9.17) is 21.6 Å². The van der Waals surface area contributed by atoms with Gasteiger partial charge in [-0.05, 0) is 39.2 Å². The summed E-state index contributed by atoms with van der Waals surface area (Å²) in [7, 11) is 0. The summed E-state index contributed by atoms with van der Waals surface area (Å²) >= 11 is 5.79. The zero-order valence-electron chi connectivity index (χ0n) is 11.6. The maximum Gasteiger partial charge on any atom is 0.288 e. The molecule has 0 radical (unpaired) electrons. The van der Waals surface area contributed by atoms with Crippen molar-refractivity contribution in [2.24, 2.45) is 5.41 Å². The Morgan fingerprint density at radius 3 is 2.70 bits per heavy atom. The topological polar surface area (TPSA) is 76.2 Å². The van der Waals surface area contributed by atoms with Crippen molar-refractivity contribution in [3.8, 4) is 11.8 Å². The Bertz CT molecular complexity index is 524. The zero-order valence-corrected chi connectivity index (χ0v) is 12.3. The van der Waals surface area contributed by atoms with Crippen LogP contribution < -0.4 is 4.74 Å². The number of halogens is 1. The fraction of sp³-hybridized carbons (Fsp3) is 0.500. The van der Waals surface area contributed by atoms with Crippen LogP contribution in [0.25, 0.3) is 0 Å². The van der Waals surface area contributed by atoms with Gasteiger partial charge in [0.15, 0.2) is 0 Å². The van der Waals surface area contributed by atoms with Crippen LogP contribution in [0.15, 0.2) is 18.2 Å². The minimum Gasteiger partial charge on any atom is -0.494 e. The first-order valence-electron chi connectivity index (χ1n) is 6.34. The normalized spacial score (nSPS) is 10.9. The van der Waals surface area contributed by atoms with E-state index in [0.29, 0.717) is 12.4 Å². The highest BCUT2D eigenvalue weighted by Gasteiger charge is 2.15. The molecular formula is C14H17ClN2O3. The molecule has 0 saturated heterocycles. The number of rotatable bonds is 7. The van der Waals surface area contributed by atoms with Crippen LogP contribution in [0.1, 0.15) is 33.1 Å². The summed E-state index contributed by atoms with van der Waals surface area (Å²) in [5.41, 5.74) is -0.439. The molecule has 108 valence electrons. The van der Waals surface area contributed by atoms with E-state index in [9.17, 15) is 10.1 Å². The first-order valence-corrected chi connectivity index (χ1v) is 6.71. The van der Waals surface area contributed by atoms with Gasteiger partial charge in [0.2, 0.25) is 0 Å². The molecule has 1 aromatic rings. The molecule has 0 N–H and O–H groups in total. The molecule has 0 aliphatic rings. The number of nitrogens with zero attached hydrogens (tertiary/aromatic N) is 2. The fourth-order valence-electron chi connectivity index (χ4n) is 1.64. The van der Waals surface area contributed by atoms with Gasteiger partial charge in [-0.1, -0.05) is 11.6 Å². The minimum atomic E-state index is -0.532. The average Bonchev–Trinajstić information content (AvgIpc) is 2.38. The molecule has 0 fully saturated rings. The van der Waals surface area contributed by atoms with Gasteiger partial charge in [0.1, 0.15) is 10.8 Å². The number of unbranched alkanes of at least 4 members (excludes halogenated alkanes) is 1. The van der Waals surface area contributed by atoms with Crippen LogP contribution in [0.5, 0.6) is 5.75 Å². The largest absolute Gasteiger partial charge is 0.494 e. The summed E-state index contributed by atoms with van der Waals surface area (Å²) in [5, 5.41) is 19.6. The van der Waals surface area contributed by atoms with Crippen molar-refractivity contribution < 1.29 is 9.66 Å². The van der Waals surface area contributed by atoms with Gasteiger partial charge < -0.3 is 4.74 Å². The molecule has 6 heteroatoms. The highest BCUT2D eigenvalue weighted by molar-refractivity contribution is 6.32. The van der Waals surface area contributed by atoms with E-state index < -0.39 is 4.92 Å². The van der Waals surface area contributed by atoms with Crippen LogP contribution in [-0.2, 0) is 0 Å². The molecule has 1 aromatic carbocycles. The number of nitro benzene ring substituents is 1. The molecule has 1 rings (SSSR count). The third-order valence-electron chi connectivity index (χ3n) is 2.88. The lowest BCUT2D eigenvalue weighted by Gasteiger charge is -2.14.